The summed E-state index contributed by atoms with van der Waals surface area (Å²) in [6, 6.07) is 0. The van der Waals surface area contributed by atoms with Crippen LogP contribution in [0.2, 0.25) is 0 Å². The molecule has 456 valence electrons. The minimum absolute atomic E-state index is 0.128. The first-order valence-electron chi connectivity index (χ1n) is 34.8. The van der Waals surface area contributed by atoms with Crippen molar-refractivity contribution in [3.63, 3.8) is 0 Å². The summed E-state index contributed by atoms with van der Waals surface area (Å²) >= 11 is 0. The van der Waals surface area contributed by atoms with Crippen molar-refractivity contribution in [2.45, 2.75) is 265 Å². The number of nitrogens with zero attached hydrogens (tertiary/aromatic N) is 1. The van der Waals surface area contributed by atoms with Crippen LogP contribution in [0.1, 0.15) is 252 Å². The summed E-state index contributed by atoms with van der Waals surface area (Å²) < 4.78 is 36.9. The molecule has 8 fully saturated rings. The molecule has 0 radical (unpaired) electrons. The molecule has 8 aliphatic rings. The molecule has 1 N–H and O–H groups in total. The average Bonchev–Trinajstić information content (AvgIpc) is 4.28. The van der Waals surface area contributed by atoms with E-state index in [2.05, 4.69) is 32.6 Å². The van der Waals surface area contributed by atoms with Crippen LogP contribution in [0, 0.1) is 94.7 Å². The number of aliphatic hydroxyl groups is 1. The minimum Gasteiger partial charge on any atom is -0.466 e. The molecule has 0 aliphatic heterocycles. The normalized spacial score (nSPS) is 33.1. The molecule has 0 aromatic heterocycles. The number of rotatable bonds is 53. The summed E-state index contributed by atoms with van der Waals surface area (Å²) in [5, 5.41) is 9.46. The van der Waals surface area contributed by atoms with Crippen molar-refractivity contribution in [3.05, 3.63) is 0 Å². The Labute approximate surface area is 483 Å². The molecule has 10 heteroatoms. The monoisotopic (exact) mass is 1110 g/mol. The first-order chi connectivity index (χ1) is 38.7. The zero-order valence-electron chi connectivity index (χ0n) is 51.4. The van der Waals surface area contributed by atoms with Crippen molar-refractivity contribution >= 4 is 11.9 Å². The molecule has 79 heavy (non-hydrogen) atoms. The van der Waals surface area contributed by atoms with Gasteiger partial charge in [0.25, 0.3) is 0 Å². The van der Waals surface area contributed by atoms with Crippen LogP contribution in [0.3, 0.4) is 0 Å². The number of unbranched alkanes of at least 4 members (excludes halogenated alkanes) is 7. The number of aliphatic hydroxyl groups excluding tert-OH is 1. The summed E-state index contributed by atoms with van der Waals surface area (Å²) in [5.41, 5.74) is 0. The Morgan fingerprint density at radius 2 is 0.684 bits per heavy atom. The van der Waals surface area contributed by atoms with Crippen molar-refractivity contribution in [2.75, 3.05) is 65.9 Å². The summed E-state index contributed by atoms with van der Waals surface area (Å²) in [6.07, 6.45) is 39.8. The maximum absolute atomic E-state index is 12.9. The predicted octanol–water partition coefficient (Wildman–Crippen LogP) is 15.8. The molecule has 17 atom stereocenters. The van der Waals surface area contributed by atoms with E-state index in [4.69, 9.17) is 28.4 Å². The van der Waals surface area contributed by atoms with Crippen LogP contribution in [0.5, 0.6) is 0 Å². The van der Waals surface area contributed by atoms with Gasteiger partial charge in [0, 0.05) is 19.4 Å². The largest absolute Gasteiger partial charge is 0.466 e. The Balaban J connectivity index is 0.627. The fourth-order valence-electron chi connectivity index (χ4n) is 15.2. The van der Waals surface area contributed by atoms with E-state index in [1.807, 2.05) is 0 Å². The highest BCUT2D eigenvalue weighted by Gasteiger charge is 2.47. The van der Waals surface area contributed by atoms with Crippen LogP contribution in [-0.2, 0) is 38.0 Å². The third-order valence-corrected chi connectivity index (χ3v) is 21.7. The number of esters is 2. The molecule has 0 spiro atoms. The smallest absolute Gasteiger partial charge is 0.305 e. The molecule has 0 bridgehead atoms. The summed E-state index contributed by atoms with van der Waals surface area (Å²) in [6.45, 7) is 16.6. The van der Waals surface area contributed by atoms with Crippen molar-refractivity contribution in [1.29, 1.82) is 0 Å². The van der Waals surface area contributed by atoms with Gasteiger partial charge in [0.1, 0.15) is 0 Å². The van der Waals surface area contributed by atoms with Gasteiger partial charge in [-0.05, 0) is 256 Å². The van der Waals surface area contributed by atoms with Gasteiger partial charge in [-0.25, -0.2) is 0 Å². The van der Waals surface area contributed by atoms with E-state index in [1.165, 1.54) is 109 Å². The van der Waals surface area contributed by atoms with Crippen molar-refractivity contribution in [2.24, 2.45) is 94.7 Å². The molecule has 8 rings (SSSR count). The third-order valence-electron chi connectivity index (χ3n) is 21.7. The molecule has 0 amide bonds. The van der Waals surface area contributed by atoms with Gasteiger partial charge in [-0.2, -0.15) is 0 Å². The minimum atomic E-state index is -0.313. The quantitative estimate of drug-likeness (QED) is 0.0359. The SMILES string of the molecule is CCCC1CC1CC1CC1CCOC(CCC(=O)OCCCCCCN(CCCCO)CCCCCCOC(=O)CCC(OCCC1CC1CC1CC1CC)OCCC1CC1CC1CC1CC)OCCC1CC1CC1CC1CC. The highest BCUT2D eigenvalue weighted by Crippen LogP contribution is 2.57. The van der Waals surface area contributed by atoms with E-state index in [1.54, 1.807) is 0 Å². The highest BCUT2D eigenvalue weighted by molar-refractivity contribution is 5.69. The van der Waals surface area contributed by atoms with Crippen LogP contribution in [0.4, 0.5) is 0 Å². The van der Waals surface area contributed by atoms with Crippen molar-refractivity contribution < 1.29 is 43.1 Å². The Morgan fingerprint density at radius 3 is 1.00 bits per heavy atom. The van der Waals surface area contributed by atoms with Gasteiger partial charge in [-0.3, -0.25) is 9.59 Å². The molecule has 0 saturated heterocycles. The van der Waals surface area contributed by atoms with Gasteiger partial charge in [0.15, 0.2) is 12.6 Å². The lowest BCUT2D eigenvalue weighted by molar-refractivity contribution is -0.160. The first kappa shape index (κ1) is 63.7. The van der Waals surface area contributed by atoms with E-state index >= 15 is 0 Å². The summed E-state index contributed by atoms with van der Waals surface area (Å²) in [4.78, 5) is 28.4. The Hall–Kier alpha value is -1.30. The molecule has 0 aromatic rings. The maximum Gasteiger partial charge on any atom is 0.305 e. The van der Waals surface area contributed by atoms with E-state index in [-0.39, 0.29) is 31.1 Å². The zero-order valence-corrected chi connectivity index (χ0v) is 51.4. The molecule has 0 heterocycles. The van der Waals surface area contributed by atoms with Gasteiger partial charge in [-0.15, -0.1) is 0 Å². The molecule has 8 saturated carbocycles. The molecule has 10 nitrogen and oxygen atoms in total. The van der Waals surface area contributed by atoms with E-state index in [9.17, 15) is 14.7 Å². The Morgan fingerprint density at radius 1 is 0.380 bits per heavy atom. The number of hydrogen-bond donors (Lipinski definition) is 1. The Bertz CT molecular complexity index is 1660. The van der Waals surface area contributed by atoms with Gasteiger partial charge >= 0.3 is 11.9 Å². The maximum atomic E-state index is 12.9. The second-order valence-corrected chi connectivity index (χ2v) is 28.1. The highest BCUT2D eigenvalue weighted by atomic mass is 16.7. The summed E-state index contributed by atoms with van der Waals surface area (Å²) in [5.74, 6) is 14.6. The number of hydrogen-bond acceptors (Lipinski definition) is 10. The van der Waals surface area contributed by atoms with E-state index in [0.717, 1.165) is 231 Å². The molecular weight excluding hydrogens is 987 g/mol. The van der Waals surface area contributed by atoms with Crippen LogP contribution >= 0.6 is 0 Å². The molecule has 8 aliphatic carbocycles. The molecule has 0 aromatic carbocycles. The lowest BCUT2D eigenvalue weighted by Crippen LogP contribution is -2.27. The average molecular weight is 1110 g/mol. The van der Waals surface area contributed by atoms with Gasteiger partial charge in [0.05, 0.1) is 52.5 Å². The second-order valence-electron chi connectivity index (χ2n) is 28.1. The predicted molar refractivity (Wildman–Crippen MR) is 317 cm³/mol. The fourth-order valence-corrected chi connectivity index (χ4v) is 15.2. The van der Waals surface area contributed by atoms with Crippen molar-refractivity contribution in [3.8, 4) is 0 Å². The topological polar surface area (TPSA) is 113 Å². The molecule has 17 unspecified atom stereocenters. The number of ether oxygens (including phenoxy) is 6. The van der Waals surface area contributed by atoms with Crippen LogP contribution in [0.25, 0.3) is 0 Å². The first-order valence-corrected chi connectivity index (χ1v) is 34.8. The van der Waals surface area contributed by atoms with E-state index < -0.39 is 0 Å². The van der Waals surface area contributed by atoms with Gasteiger partial charge < -0.3 is 38.4 Å². The third kappa shape index (κ3) is 25.1. The zero-order chi connectivity index (χ0) is 55.2. The van der Waals surface area contributed by atoms with Crippen LogP contribution in [-0.4, -0.2) is 100 Å². The lowest BCUT2D eigenvalue weighted by Gasteiger charge is -2.22. The standard InChI is InChI=1S/C69H121NO9/c1-5-19-53-41-61(53)49-65-45-57(65)27-37-79-69(78-36-26-56-44-64(56)48-60-40-52(60)8-4)23-21-67(73)75-33-18-12-10-14-29-70(30-15-16-31-71)28-13-9-11-17-32-74-66(72)20-22-68(76-34-24-54-42-62(54)46-58-38-50(58)6-2)77-35-25-55-43-63(55)47-59-39-51(59)7-3/h50-65,68-69,71H,5-49H2,1-4H3. The van der Waals surface area contributed by atoms with E-state index in [0.29, 0.717) is 38.9 Å². The summed E-state index contributed by atoms with van der Waals surface area (Å²) in [7, 11) is 0. The van der Waals surface area contributed by atoms with Crippen molar-refractivity contribution in [1.82, 2.24) is 4.90 Å². The Kier molecular flexibility index (Phi) is 27.9. The lowest BCUT2D eigenvalue weighted by atomic mass is 10.1. The fraction of sp³-hybridized carbons (Fsp3) is 0.971. The van der Waals surface area contributed by atoms with Gasteiger partial charge in [0.2, 0.25) is 0 Å². The molecular formula is C69H121NO9. The van der Waals surface area contributed by atoms with Gasteiger partial charge in [-0.1, -0.05) is 85.5 Å². The number of carbonyl (C=O) groups excluding carboxylic acids is 2. The van der Waals surface area contributed by atoms with Crippen LogP contribution < -0.4 is 0 Å². The second kappa shape index (κ2) is 34.6. The van der Waals surface area contributed by atoms with Crippen LogP contribution in [0.15, 0.2) is 0 Å². The number of carbonyl (C=O) groups is 2.